The first-order chi connectivity index (χ1) is 57.9. The van der Waals surface area contributed by atoms with Gasteiger partial charge in [-0.25, -0.2) is 47.5 Å². The minimum Gasteiger partial charge on any atom is -0.497 e. The Kier molecular flexibility index (Phi) is 47.4. The number of rotatable bonds is 38. The van der Waals surface area contributed by atoms with E-state index in [9.17, 15) is 36.7 Å². The van der Waals surface area contributed by atoms with Crippen LogP contribution in [0.1, 0.15) is 236 Å². The minimum atomic E-state index is -0.377. The zero-order valence-electron chi connectivity index (χ0n) is 74.6. The van der Waals surface area contributed by atoms with E-state index in [2.05, 4.69) is 105 Å². The molecule has 0 saturated carbocycles. The Balaban J connectivity index is 0.000000396. The second-order valence-corrected chi connectivity index (χ2v) is 32.0. The van der Waals surface area contributed by atoms with E-state index in [-0.39, 0.29) is 103 Å². The number of carbonyl (C=O) groups is 4. The number of hydrogen-bond donors (Lipinski definition) is 7. The summed E-state index contributed by atoms with van der Waals surface area (Å²) in [5.41, 5.74) is 19.9. The molecule has 674 valence electrons. The van der Waals surface area contributed by atoms with E-state index in [0.29, 0.717) is 126 Å². The summed E-state index contributed by atoms with van der Waals surface area (Å²) in [6.07, 6.45) is 17.3. The van der Waals surface area contributed by atoms with Gasteiger partial charge in [0.15, 0.2) is 0 Å². The number of halogens is 8. The molecule has 4 aromatic heterocycles. The van der Waals surface area contributed by atoms with Gasteiger partial charge in [-0.1, -0.05) is 111 Å². The number of nitrogens with one attached hydrogen (secondary N) is 4. The molecule has 0 unspecified atom stereocenters. The van der Waals surface area contributed by atoms with Crippen LogP contribution < -0.4 is 57.4 Å². The van der Waals surface area contributed by atoms with Crippen molar-refractivity contribution < 1.29 is 55.7 Å². The van der Waals surface area contributed by atoms with Gasteiger partial charge < -0.3 is 76.6 Å². The molecule has 23 nitrogen and oxygen atoms in total. The van der Waals surface area contributed by atoms with Gasteiger partial charge in [-0.2, -0.15) is 9.97 Å². The van der Waals surface area contributed by atoms with Crippen LogP contribution in [-0.4, -0.2) is 114 Å². The molecule has 10 rings (SSSR count). The van der Waals surface area contributed by atoms with Gasteiger partial charge in [0.2, 0.25) is 22.5 Å². The Labute approximate surface area is 744 Å². The van der Waals surface area contributed by atoms with Crippen LogP contribution in [0.15, 0.2) is 109 Å². The van der Waals surface area contributed by atoms with Crippen molar-refractivity contribution in [2.24, 2.45) is 11.5 Å². The number of nitrogens with two attached hydrogens (primary N) is 3. The lowest BCUT2D eigenvalue weighted by atomic mass is 9.88. The molecule has 0 saturated heterocycles. The molecule has 0 aliphatic rings. The third-order valence-electron chi connectivity index (χ3n) is 19.9. The third kappa shape index (κ3) is 37.8. The van der Waals surface area contributed by atoms with Crippen molar-refractivity contribution in [3.63, 3.8) is 0 Å². The molecule has 10 aromatic rings. The number of benzene rings is 6. The van der Waals surface area contributed by atoms with Gasteiger partial charge in [0, 0.05) is 130 Å². The summed E-state index contributed by atoms with van der Waals surface area (Å²) in [6, 6.07) is 28.5. The quantitative estimate of drug-likeness (QED) is 0.0107. The molecular weight excluding hydrogens is 1660 g/mol. The van der Waals surface area contributed by atoms with E-state index in [0.717, 1.165) is 110 Å². The highest BCUT2D eigenvalue weighted by Crippen LogP contribution is 2.36. The van der Waals surface area contributed by atoms with E-state index in [1.165, 1.54) is 61.0 Å². The maximum atomic E-state index is 14.1. The van der Waals surface area contributed by atoms with Gasteiger partial charge in [0.1, 0.15) is 92.0 Å². The first kappa shape index (κ1) is 108. The van der Waals surface area contributed by atoms with Crippen LogP contribution in [0.25, 0.3) is 43.6 Å². The summed E-state index contributed by atoms with van der Waals surface area (Å²) in [5, 5.41) is 16.8. The molecule has 0 amide bonds. The lowest BCUT2D eigenvalue weighted by molar-refractivity contribution is -0.118. The Bertz CT molecular complexity index is 4870. The molecule has 4 atom stereocenters. The average molecular weight is 1790 g/mol. The monoisotopic (exact) mass is 1790 g/mol. The van der Waals surface area contributed by atoms with E-state index < -0.39 is 0 Å². The number of methoxy groups -OCH3 is 4. The van der Waals surface area contributed by atoms with Gasteiger partial charge in [0.25, 0.3) is 0 Å². The smallest absolute Gasteiger partial charge is 0.225 e. The molecule has 6 aromatic carbocycles. The van der Waals surface area contributed by atoms with Crippen LogP contribution >= 0.6 is 47.2 Å². The molecule has 0 fully saturated rings. The number of unbranched alkanes of at least 4 members (excludes halogenated alkanes) is 4. The first-order valence-corrected chi connectivity index (χ1v) is 42.6. The van der Waals surface area contributed by atoms with Crippen molar-refractivity contribution in [1.82, 2.24) is 39.9 Å². The highest BCUT2D eigenvalue weighted by Gasteiger charge is 2.30. The number of aromatic nitrogens is 8. The summed E-state index contributed by atoms with van der Waals surface area (Å²) in [7, 11) is 6.45. The molecule has 0 radical (unpaired) electrons. The summed E-state index contributed by atoms with van der Waals surface area (Å²) in [6.45, 7) is 28.2. The number of carbonyl (C=O) groups excluding carboxylic acids is 4. The Morgan fingerprint density at radius 1 is 0.415 bits per heavy atom. The molecule has 0 aliphatic carbocycles. The lowest BCUT2D eigenvalue weighted by Gasteiger charge is -2.32. The van der Waals surface area contributed by atoms with Gasteiger partial charge >= 0.3 is 0 Å². The van der Waals surface area contributed by atoms with Crippen molar-refractivity contribution in [2.75, 3.05) is 55.4 Å². The molecule has 31 heteroatoms. The lowest BCUT2D eigenvalue weighted by Crippen LogP contribution is -2.36. The minimum absolute atomic E-state index is 0. The van der Waals surface area contributed by atoms with Crippen molar-refractivity contribution in [2.45, 2.75) is 261 Å². The average Bonchev–Trinajstić information content (AvgIpc) is 0.805. The summed E-state index contributed by atoms with van der Waals surface area (Å²) in [5.74, 6) is 4.41. The van der Waals surface area contributed by atoms with Gasteiger partial charge in [-0.15, -0.1) is 12.4 Å². The van der Waals surface area contributed by atoms with Crippen molar-refractivity contribution in [3.05, 3.63) is 159 Å². The maximum absolute atomic E-state index is 14.1. The number of nitrogens with zero attached hydrogens (tertiary/aromatic N) is 8. The van der Waals surface area contributed by atoms with Crippen LogP contribution in [0, 0.1) is 23.3 Å². The third-order valence-corrected chi connectivity index (χ3v) is 20.6. The zero-order valence-corrected chi connectivity index (χ0v) is 77.7. The van der Waals surface area contributed by atoms with E-state index in [1.54, 1.807) is 74.3 Å². The van der Waals surface area contributed by atoms with Crippen LogP contribution in [0.5, 0.6) is 23.0 Å². The van der Waals surface area contributed by atoms with Gasteiger partial charge in [-0.3, -0.25) is 0 Å². The van der Waals surface area contributed by atoms with Gasteiger partial charge in [0.05, 0.1) is 50.5 Å². The summed E-state index contributed by atoms with van der Waals surface area (Å²) >= 11 is 17.3. The number of Topliss-reactive ketones (excluding diaryl/α,β-unsaturated/α-hetero) is 4. The molecule has 123 heavy (non-hydrogen) atoms. The van der Waals surface area contributed by atoms with Crippen LogP contribution in [0.2, 0.25) is 15.7 Å². The van der Waals surface area contributed by atoms with E-state index in [4.69, 9.17) is 75.9 Å². The van der Waals surface area contributed by atoms with Gasteiger partial charge in [-0.05, 0) is 197 Å². The fraction of sp³-hybridized carbons (Fsp3) is 0.478. The normalized spacial score (nSPS) is 12.6. The molecule has 4 heterocycles. The molecular formula is C92H127Cl4F4N15O8. The maximum Gasteiger partial charge on any atom is 0.225 e. The van der Waals surface area contributed by atoms with Crippen LogP contribution in [-0.2, 0) is 32.3 Å². The number of ether oxygens (including phenoxy) is 4. The van der Waals surface area contributed by atoms with E-state index >= 15 is 0 Å². The number of nitrogen functional groups attached to an aromatic ring is 1. The molecule has 0 bridgehead atoms. The van der Waals surface area contributed by atoms with Crippen molar-refractivity contribution in [3.8, 4) is 23.0 Å². The zero-order chi connectivity index (χ0) is 90.9. The Morgan fingerprint density at radius 3 is 1.15 bits per heavy atom. The van der Waals surface area contributed by atoms with Crippen molar-refractivity contribution >= 4 is 143 Å². The van der Waals surface area contributed by atoms with Crippen LogP contribution in [0.4, 0.5) is 46.9 Å². The number of hydrogen-bond acceptors (Lipinski definition) is 23. The summed E-state index contributed by atoms with van der Waals surface area (Å²) < 4.78 is 74.6. The fourth-order valence-corrected chi connectivity index (χ4v) is 13.4. The predicted molar refractivity (Wildman–Crippen MR) is 497 cm³/mol. The fourth-order valence-electron chi connectivity index (χ4n) is 12.7. The highest BCUT2D eigenvalue weighted by atomic mass is 35.5. The topological polar surface area (TPSA) is 334 Å². The Morgan fingerprint density at radius 2 is 0.756 bits per heavy atom. The van der Waals surface area contributed by atoms with Crippen LogP contribution in [0.3, 0.4) is 0 Å². The predicted octanol–water partition coefficient (Wildman–Crippen LogP) is 23.3. The first-order valence-electron chi connectivity index (χ1n) is 41.5. The number of fused-ring (bicyclic) bond motifs is 4. The second kappa shape index (κ2) is 54.2. The molecule has 0 spiro atoms. The number of ketones is 4. The molecule has 0 aliphatic heterocycles. The van der Waals surface area contributed by atoms with E-state index in [1.807, 2.05) is 57.2 Å². The number of anilines is 5. The SMILES string of the molecule is CC.CCCC[C@@](C)(N)CCC(C)=O.CCCC[C@](C)(CCC(C)=O)Nc1nc(Cl)nc2cc(F)ccc12.CCCC[C@](C)(CCC(C)=O)Nc1nc(N)nc2cc(F)ccc12.CCCC[C@](C)(CCC(C)=O)Nc1nc(NCc2ccc(OC)cc2OC)nc2cc(F)ccc12.COc1ccc(CN)c(OC)c1.Cl.Fc1ccc2c(Cl)nc(Cl)nc2c1. The highest BCUT2D eigenvalue weighted by molar-refractivity contribution is 6.35. The summed E-state index contributed by atoms with van der Waals surface area (Å²) in [4.78, 5) is 78.8. The second-order valence-electron chi connectivity index (χ2n) is 30.9. The largest absolute Gasteiger partial charge is 0.497 e. The van der Waals surface area contributed by atoms with Crippen molar-refractivity contribution in [1.29, 1.82) is 0 Å². The Hall–Kier alpha value is -9.64. The standard InChI is InChI=1S/C27H35FN4O3.C18H23ClFN3O.C18H25FN4O.C10H21NO.C9H13NO2.C8H3Cl2FN2.C2H6.ClH/c1-6-7-13-27(3,14-12-18(2)33)32-25-22-11-9-20(28)15-23(22)30-26(31-25)29-17-19-8-10-21(34-4)16-24(19)35-5;1-4-5-9-18(3,10-8-12(2)24)23-16-14-7-6-13(20)11-15(14)21-17(19)22-16;1-4-5-9-18(3,10-8-12(2)24)23-16-14-7-6-13(19)11-15(14)21-17(20)22-16;1-4-5-7-10(3,11)8-6-9(2)12;1-11-8-4-3-7(6-10)9(5-8)12-2;9-7-5-2-1-4(11)3-6(5)12-8(10)13-7;1-2;/h8-11,15-16H,6-7,12-14,17H2,1-5H3,(H2,29,30,31,32);6-7,11H,4-5,8-10H2,1-3H3,(H,21,22,23);6-7,11H,4-5,8-10H2,1-3H3,(H3,20,21,22,23);4-8,11H2,1-3H3;3-5H,6,10H2,1-2H3;1-3H;1-2H3;1H/t27-;2*18-;10-;;;;/m1111..../s1. The molecule has 10 N–H and O–H groups in total.